The Morgan fingerprint density at radius 3 is 3.00 bits per heavy atom. The first-order valence-corrected chi connectivity index (χ1v) is 5.67. The summed E-state index contributed by atoms with van der Waals surface area (Å²) < 4.78 is 6.65. The lowest BCUT2D eigenvalue weighted by atomic mass is 10.3. The Bertz CT molecular complexity index is 338. The first kappa shape index (κ1) is 13.7. The SMILES string of the molecule is COCCNC(=O)CCNCc1ccnn1C. The normalized spacial score (nSPS) is 10.5. The Morgan fingerprint density at radius 1 is 1.53 bits per heavy atom. The lowest BCUT2D eigenvalue weighted by molar-refractivity contribution is -0.121. The molecule has 6 heteroatoms. The summed E-state index contributed by atoms with van der Waals surface area (Å²) in [6, 6.07) is 1.95. The predicted molar refractivity (Wildman–Crippen MR) is 64.4 cm³/mol. The van der Waals surface area contributed by atoms with E-state index in [9.17, 15) is 4.79 Å². The molecule has 0 aliphatic heterocycles. The smallest absolute Gasteiger partial charge is 0.221 e. The third-order valence-corrected chi connectivity index (χ3v) is 2.39. The Labute approximate surface area is 101 Å². The molecular formula is C11H20N4O2. The van der Waals surface area contributed by atoms with Crippen molar-refractivity contribution in [2.45, 2.75) is 13.0 Å². The van der Waals surface area contributed by atoms with Gasteiger partial charge in [0.2, 0.25) is 5.91 Å². The average Bonchev–Trinajstić information content (AvgIpc) is 2.71. The molecule has 0 bridgehead atoms. The van der Waals surface area contributed by atoms with Gasteiger partial charge < -0.3 is 15.4 Å². The topological polar surface area (TPSA) is 68.2 Å². The molecule has 0 aliphatic carbocycles. The number of carbonyl (C=O) groups excluding carboxylic acids is 1. The van der Waals surface area contributed by atoms with Crippen molar-refractivity contribution in [2.75, 3.05) is 26.8 Å². The summed E-state index contributed by atoms with van der Waals surface area (Å²) in [5.74, 6) is 0.0413. The average molecular weight is 240 g/mol. The number of ether oxygens (including phenoxy) is 1. The minimum atomic E-state index is 0.0413. The Kier molecular flexibility index (Phi) is 6.27. The van der Waals surface area contributed by atoms with Crippen LogP contribution in [0, 0.1) is 0 Å². The molecule has 2 N–H and O–H groups in total. The molecule has 0 unspecified atom stereocenters. The third kappa shape index (κ3) is 5.46. The maximum Gasteiger partial charge on any atom is 0.221 e. The maximum atomic E-state index is 11.3. The van der Waals surface area contributed by atoms with Crippen LogP contribution in [-0.2, 0) is 23.1 Å². The van der Waals surface area contributed by atoms with E-state index in [2.05, 4.69) is 15.7 Å². The molecule has 1 heterocycles. The molecule has 0 spiro atoms. The van der Waals surface area contributed by atoms with Gasteiger partial charge >= 0.3 is 0 Å². The number of rotatable bonds is 8. The number of hydrogen-bond acceptors (Lipinski definition) is 4. The number of carbonyl (C=O) groups is 1. The minimum absolute atomic E-state index is 0.0413. The van der Waals surface area contributed by atoms with Crippen molar-refractivity contribution < 1.29 is 9.53 Å². The molecule has 17 heavy (non-hydrogen) atoms. The van der Waals surface area contributed by atoms with Crippen LogP contribution < -0.4 is 10.6 Å². The summed E-state index contributed by atoms with van der Waals surface area (Å²) in [5, 5.41) is 10.0. The fourth-order valence-electron chi connectivity index (χ4n) is 1.37. The molecule has 1 amide bonds. The van der Waals surface area contributed by atoms with Gasteiger partial charge in [-0.05, 0) is 6.07 Å². The molecule has 0 saturated carbocycles. The van der Waals surface area contributed by atoms with Crippen LogP contribution in [0.4, 0.5) is 0 Å². The van der Waals surface area contributed by atoms with Gasteiger partial charge in [-0.3, -0.25) is 9.48 Å². The van der Waals surface area contributed by atoms with E-state index < -0.39 is 0 Å². The van der Waals surface area contributed by atoms with Crippen molar-refractivity contribution in [3.05, 3.63) is 18.0 Å². The lowest BCUT2D eigenvalue weighted by Crippen LogP contribution is -2.30. The van der Waals surface area contributed by atoms with E-state index in [0.717, 1.165) is 12.2 Å². The summed E-state index contributed by atoms with van der Waals surface area (Å²) in [6.07, 6.45) is 2.23. The lowest BCUT2D eigenvalue weighted by Gasteiger charge is -2.06. The zero-order valence-corrected chi connectivity index (χ0v) is 10.4. The molecule has 0 saturated heterocycles. The molecule has 96 valence electrons. The summed E-state index contributed by atoms with van der Waals surface area (Å²) in [7, 11) is 3.51. The molecule has 0 aliphatic rings. The van der Waals surface area contributed by atoms with Crippen LogP contribution in [0.1, 0.15) is 12.1 Å². The van der Waals surface area contributed by atoms with E-state index in [4.69, 9.17) is 4.74 Å². The highest BCUT2D eigenvalue weighted by Gasteiger charge is 2.01. The van der Waals surface area contributed by atoms with Crippen LogP contribution in [0.5, 0.6) is 0 Å². The highest BCUT2D eigenvalue weighted by molar-refractivity contribution is 5.75. The number of amides is 1. The standard InChI is InChI=1S/C11H20N4O2/c1-15-10(3-6-14-15)9-12-5-4-11(16)13-7-8-17-2/h3,6,12H,4-5,7-9H2,1-2H3,(H,13,16). The van der Waals surface area contributed by atoms with Crippen LogP contribution in [0.25, 0.3) is 0 Å². The number of methoxy groups -OCH3 is 1. The highest BCUT2D eigenvalue weighted by atomic mass is 16.5. The number of aromatic nitrogens is 2. The fourth-order valence-corrected chi connectivity index (χ4v) is 1.37. The van der Waals surface area contributed by atoms with E-state index >= 15 is 0 Å². The summed E-state index contributed by atoms with van der Waals surface area (Å²) in [4.78, 5) is 11.3. The van der Waals surface area contributed by atoms with Crippen molar-refractivity contribution in [2.24, 2.45) is 7.05 Å². The molecule has 0 atom stereocenters. The van der Waals surface area contributed by atoms with Crippen molar-refractivity contribution in [1.82, 2.24) is 20.4 Å². The number of nitrogens with zero attached hydrogens (tertiary/aromatic N) is 2. The van der Waals surface area contributed by atoms with E-state index in [1.165, 1.54) is 0 Å². The van der Waals surface area contributed by atoms with Crippen molar-refractivity contribution in [3.8, 4) is 0 Å². The van der Waals surface area contributed by atoms with Crippen LogP contribution in [0.15, 0.2) is 12.3 Å². The van der Waals surface area contributed by atoms with Crippen molar-refractivity contribution in [1.29, 1.82) is 0 Å². The van der Waals surface area contributed by atoms with Gasteiger partial charge in [-0.15, -0.1) is 0 Å². The molecule has 1 aromatic rings. The molecule has 0 fully saturated rings. The minimum Gasteiger partial charge on any atom is -0.383 e. The second-order valence-corrected chi connectivity index (χ2v) is 3.72. The highest BCUT2D eigenvalue weighted by Crippen LogP contribution is 1.94. The molecule has 1 rings (SSSR count). The third-order valence-electron chi connectivity index (χ3n) is 2.39. The Hall–Kier alpha value is -1.40. The van der Waals surface area contributed by atoms with Gasteiger partial charge in [-0.2, -0.15) is 5.10 Å². The summed E-state index contributed by atoms with van der Waals surface area (Å²) in [6.45, 7) is 2.50. The Balaban J connectivity index is 2.04. The van der Waals surface area contributed by atoms with Crippen molar-refractivity contribution >= 4 is 5.91 Å². The van der Waals surface area contributed by atoms with Gasteiger partial charge in [0.05, 0.1) is 12.3 Å². The number of hydrogen-bond donors (Lipinski definition) is 2. The van der Waals surface area contributed by atoms with Gasteiger partial charge in [0.15, 0.2) is 0 Å². The van der Waals surface area contributed by atoms with Crippen LogP contribution in [0.2, 0.25) is 0 Å². The van der Waals surface area contributed by atoms with Gasteiger partial charge in [0.1, 0.15) is 0 Å². The molecule has 6 nitrogen and oxygen atoms in total. The van der Waals surface area contributed by atoms with Gasteiger partial charge in [-0.1, -0.05) is 0 Å². The monoisotopic (exact) mass is 240 g/mol. The van der Waals surface area contributed by atoms with Gasteiger partial charge in [0, 0.05) is 46.4 Å². The van der Waals surface area contributed by atoms with Crippen LogP contribution >= 0.6 is 0 Å². The molecule has 0 aromatic carbocycles. The molecule has 0 radical (unpaired) electrons. The zero-order chi connectivity index (χ0) is 12.5. The van der Waals surface area contributed by atoms with Gasteiger partial charge in [-0.25, -0.2) is 0 Å². The number of aryl methyl sites for hydroxylation is 1. The summed E-state index contributed by atoms with van der Waals surface area (Å²) in [5.41, 5.74) is 1.10. The zero-order valence-electron chi connectivity index (χ0n) is 10.4. The van der Waals surface area contributed by atoms with E-state index in [-0.39, 0.29) is 5.91 Å². The van der Waals surface area contributed by atoms with Crippen LogP contribution in [0.3, 0.4) is 0 Å². The molecular weight excluding hydrogens is 220 g/mol. The second-order valence-electron chi connectivity index (χ2n) is 3.72. The predicted octanol–water partition coefficient (Wildman–Crippen LogP) is -0.338. The second kappa shape index (κ2) is 7.81. The van der Waals surface area contributed by atoms with Crippen LogP contribution in [-0.4, -0.2) is 42.5 Å². The van der Waals surface area contributed by atoms with E-state index in [1.54, 1.807) is 13.3 Å². The van der Waals surface area contributed by atoms with Crippen molar-refractivity contribution in [3.63, 3.8) is 0 Å². The number of nitrogens with one attached hydrogen (secondary N) is 2. The fraction of sp³-hybridized carbons (Fsp3) is 0.636. The quantitative estimate of drug-likeness (QED) is 0.610. The molecule has 1 aromatic heterocycles. The first-order valence-electron chi connectivity index (χ1n) is 5.67. The van der Waals surface area contributed by atoms with E-state index in [0.29, 0.717) is 26.1 Å². The summed E-state index contributed by atoms with van der Waals surface area (Å²) >= 11 is 0. The van der Waals surface area contributed by atoms with E-state index in [1.807, 2.05) is 17.8 Å². The maximum absolute atomic E-state index is 11.3. The first-order chi connectivity index (χ1) is 8.24. The van der Waals surface area contributed by atoms with Gasteiger partial charge in [0.25, 0.3) is 0 Å². The Morgan fingerprint density at radius 2 is 2.35 bits per heavy atom. The largest absolute Gasteiger partial charge is 0.383 e.